The minimum absolute atomic E-state index is 0.0690. The monoisotopic (exact) mass is 314 g/mol. The molecule has 1 unspecified atom stereocenters. The first kappa shape index (κ1) is 16.7. The van der Waals surface area contributed by atoms with E-state index in [0.717, 1.165) is 11.3 Å². The van der Waals surface area contributed by atoms with E-state index in [1.165, 1.54) is 25.7 Å². The van der Waals surface area contributed by atoms with Crippen molar-refractivity contribution in [2.24, 2.45) is 5.92 Å². The van der Waals surface area contributed by atoms with Crippen LogP contribution in [0.1, 0.15) is 44.9 Å². The quantitative estimate of drug-likeness (QED) is 0.768. The zero-order valence-corrected chi connectivity index (χ0v) is 12.6. The Labute approximate surface area is 129 Å². The standard InChI is InChI=1S/C15H23FN2O4/c16-15(14(21)22)7-8-18(10-15)13(20)9-17-12(19)6-5-11-3-1-2-4-11/h11H,1-10H2,(H,17,19)(H,21,22). The molecule has 1 atom stereocenters. The number of carbonyl (C=O) groups excluding carboxylic acids is 2. The van der Waals surface area contributed by atoms with Gasteiger partial charge in [0.1, 0.15) is 0 Å². The van der Waals surface area contributed by atoms with Crippen molar-refractivity contribution < 1.29 is 23.9 Å². The van der Waals surface area contributed by atoms with Crippen LogP contribution in [0.3, 0.4) is 0 Å². The third-order valence-corrected chi connectivity index (χ3v) is 4.65. The van der Waals surface area contributed by atoms with Crippen molar-refractivity contribution in [2.45, 2.75) is 50.6 Å². The first-order valence-corrected chi connectivity index (χ1v) is 7.87. The number of amides is 2. The van der Waals surface area contributed by atoms with Crippen molar-refractivity contribution in [2.75, 3.05) is 19.6 Å². The molecule has 1 saturated heterocycles. The van der Waals surface area contributed by atoms with Gasteiger partial charge >= 0.3 is 5.97 Å². The van der Waals surface area contributed by atoms with Crippen LogP contribution in [-0.2, 0) is 14.4 Å². The largest absolute Gasteiger partial charge is 0.479 e. The molecule has 0 bridgehead atoms. The Hall–Kier alpha value is -1.66. The molecule has 2 fully saturated rings. The smallest absolute Gasteiger partial charge is 0.343 e. The number of carboxylic acids is 1. The normalized spacial score (nSPS) is 25.4. The lowest BCUT2D eigenvalue weighted by Crippen LogP contribution is -2.42. The summed E-state index contributed by atoms with van der Waals surface area (Å²) in [5.74, 6) is -1.54. The van der Waals surface area contributed by atoms with Gasteiger partial charge in [0, 0.05) is 19.4 Å². The Morgan fingerprint density at radius 3 is 2.55 bits per heavy atom. The zero-order valence-electron chi connectivity index (χ0n) is 12.6. The summed E-state index contributed by atoms with van der Waals surface area (Å²) in [7, 11) is 0. The van der Waals surface area contributed by atoms with Crippen LogP contribution in [-0.4, -0.2) is 53.1 Å². The van der Waals surface area contributed by atoms with Crippen molar-refractivity contribution in [1.82, 2.24) is 10.2 Å². The maximum atomic E-state index is 13.9. The van der Waals surface area contributed by atoms with Gasteiger partial charge in [0.25, 0.3) is 0 Å². The van der Waals surface area contributed by atoms with Crippen molar-refractivity contribution in [3.63, 3.8) is 0 Å². The minimum Gasteiger partial charge on any atom is -0.479 e. The van der Waals surface area contributed by atoms with E-state index in [9.17, 15) is 18.8 Å². The summed E-state index contributed by atoms with van der Waals surface area (Å²) in [5.41, 5.74) is -2.36. The van der Waals surface area contributed by atoms with E-state index in [2.05, 4.69) is 5.32 Å². The maximum absolute atomic E-state index is 13.9. The second kappa shape index (κ2) is 7.07. The molecule has 2 aliphatic rings. The van der Waals surface area contributed by atoms with Crippen molar-refractivity contribution in [3.8, 4) is 0 Å². The highest BCUT2D eigenvalue weighted by Crippen LogP contribution is 2.28. The first-order chi connectivity index (χ1) is 10.4. The van der Waals surface area contributed by atoms with Gasteiger partial charge in [-0.05, 0) is 12.3 Å². The predicted octanol–water partition coefficient (Wildman–Crippen LogP) is 1.10. The Bertz CT molecular complexity index is 451. The lowest BCUT2D eigenvalue weighted by Gasteiger charge is -2.18. The SMILES string of the molecule is O=C(CCC1CCCC1)NCC(=O)N1CCC(F)(C(=O)O)C1. The predicted molar refractivity (Wildman–Crippen MR) is 76.9 cm³/mol. The van der Waals surface area contributed by atoms with E-state index >= 15 is 0 Å². The van der Waals surface area contributed by atoms with Crippen LogP contribution < -0.4 is 5.32 Å². The molecule has 2 amide bonds. The number of halogens is 1. The second-order valence-electron chi connectivity index (χ2n) is 6.30. The molecule has 0 spiro atoms. The number of nitrogens with zero attached hydrogens (tertiary/aromatic N) is 1. The summed E-state index contributed by atoms with van der Waals surface area (Å²) < 4.78 is 13.9. The molecule has 2 N–H and O–H groups in total. The molecule has 1 saturated carbocycles. The van der Waals surface area contributed by atoms with Crippen LogP contribution in [0.25, 0.3) is 0 Å². The molecular formula is C15H23FN2O4. The molecule has 1 aliphatic carbocycles. The number of carbonyl (C=O) groups is 3. The van der Waals surface area contributed by atoms with Crippen LogP contribution in [0, 0.1) is 5.92 Å². The van der Waals surface area contributed by atoms with E-state index in [4.69, 9.17) is 5.11 Å². The van der Waals surface area contributed by atoms with Gasteiger partial charge in [0.2, 0.25) is 17.5 Å². The van der Waals surface area contributed by atoms with Gasteiger partial charge in [0.05, 0.1) is 13.1 Å². The average molecular weight is 314 g/mol. The zero-order chi connectivity index (χ0) is 16.2. The van der Waals surface area contributed by atoms with Gasteiger partial charge in [-0.15, -0.1) is 0 Å². The maximum Gasteiger partial charge on any atom is 0.343 e. The van der Waals surface area contributed by atoms with E-state index in [1.54, 1.807) is 0 Å². The Morgan fingerprint density at radius 2 is 1.95 bits per heavy atom. The lowest BCUT2D eigenvalue weighted by molar-refractivity contribution is -0.150. The lowest BCUT2D eigenvalue weighted by atomic mass is 10.0. The molecule has 1 heterocycles. The summed E-state index contributed by atoms with van der Waals surface area (Å²) in [4.78, 5) is 35.5. The third kappa shape index (κ3) is 4.18. The highest BCUT2D eigenvalue weighted by atomic mass is 19.1. The fourth-order valence-corrected chi connectivity index (χ4v) is 3.17. The van der Waals surface area contributed by atoms with Crippen LogP contribution in [0.15, 0.2) is 0 Å². The Morgan fingerprint density at radius 1 is 1.27 bits per heavy atom. The van der Waals surface area contributed by atoms with Crippen molar-refractivity contribution >= 4 is 17.8 Å². The average Bonchev–Trinajstić information content (AvgIpc) is 3.12. The highest BCUT2D eigenvalue weighted by Gasteiger charge is 2.46. The minimum atomic E-state index is -2.36. The van der Waals surface area contributed by atoms with Gasteiger partial charge in [-0.2, -0.15) is 0 Å². The summed E-state index contributed by atoms with van der Waals surface area (Å²) in [6.45, 7) is -0.572. The number of alkyl halides is 1. The number of likely N-dealkylation sites (tertiary alicyclic amines) is 1. The van der Waals surface area contributed by atoms with Gasteiger partial charge in [-0.1, -0.05) is 25.7 Å². The summed E-state index contributed by atoms with van der Waals surface area (Å²) in [6, 6.07) is 0. The molecule has 124 valence electrons. The van der Waals surface area contributed by atoms with E-state index in [0.29, 0.717) is 12.3 Å². The molecule has 22 heavy (non-hydrogen) atoms. The van der Waals surface area contributed by atoms with E-state index in [1.807, 2.05) is 0 Å². The van der Waals surface area contributed by atoms with Crippen LogP contribution in [0.4, 0.5) is 4.39 Å². The number of rotatable bonds is 6. The summed E-state index contributed by atoms with van der Waals surface area (Å²) in [6.07, 6.45) is 5.85. The van der Waals surface area contributed by atoms with Crippen LogP contribution >= 0.6 is 0 Å². The number of nitrogens with one attached hydrogen (secondary N) is 1. The molecule has 2 rings (SSSR count). The summed E-state index contributed by atoms with van der Waals surface area (Å²) in [5, 5.41) is 11.3. The van der Waals surface area contributed by atoms with Gasteiger partial charge in [0.15, 0.2) is 0 Å². The Kier molecular flexibility index (Phi) is 5.37. The van der Waals surface area contributed by atoms with Gasteiger partial charge in [-0.25, -0.2) is 9.18 Å². The number of hydrogen-bond acceptors (Lipinski definition) is 3. The van der Waals surface area contributed by atoms with Crippen molar-refractivity contribution in [1.29, 1.82) is 0 Å². The van der Waals surface area contributed by atoms with Crippen LogP contribution in [0.2, 0.25) is 0 Å². The molecule has 1 aliphatic heterocycles. The molecule has 0 radical (unpaired) electrons. The molecule has 0 aromatic rings. The van der Waals surface area contributed by atoms with Gasteiger partial charge in [-0.3, -0.25) is 9.59 Å². The number of aliphatic carboxylic acids is 1. The molecule has 7 heteroatoms. The Balaban J connectivity index is 1.67. The fraction of sp³-hybridized carbons (Fsp3) is 0.800. The first-order valence-electron chi connectivity index (χ1n) is 7.87. The number of hydrogen-bond donors (Lipinski definition) is 2. The van der Waals surface area contributed by atoms with Gasteiger partial charge < -0.3 is 15.3 Å². The summed E-state index contributed by atoms with van der Waals surface area (Å²) >= 11 is 0. The topological polar surface area (TPSA) is 86.7 Å². The molecule has 6 nitrogen and oxygen atoms in total. The molecule has 0 aromatic carbocycles. The van der Waals surface area contributed by atoms with E-state index < -0.39 is 24.1 Å². The fourth-order valence-electron chi connectivity index (χ4n) is 3.17. The second-order valence-corrected chi connectivity index (χ2v) is 6.30. The molecular weight excluding hydrogens is 291 g/mol. The highest BCUT2D eigenvalue weighted by molar-refractivity contribution is 5.86. The van der Waals surface area contributed by atoms with Crippen molar-refractivity contribution in [3.05, 3.63) is 0 Å². The third-order valence-electron chi connectivity index (χ3n) is 4.65. The van der Waals surface area contributed by atoms with Crippen LogP contribution in [0.5, 0.6) is 0 Å². The number of carboxylic acid groups (broad SMARTS) is 1. The van der Waals surface area contributed by atoms with E-state index in [-0.39, 0.29) is 25.4 Å². The molecule has 0 aromatic heterocycles.